The SMILES string of the molecule is O=C(Cc1ccc(F)cc1)Nc1ccc2c(c1)C(=O)N1CCC[C@@H]1C(=O)N2. The molecule has 7 heteroatoms. The first-order valence-electron chi connectivity index (χ1n) is 8.81. The molecule has 6 nitrogen and oxygen atoms in total. The molecule has 0 saturated carbocycles. The zero-order valence-electron chi connectivity index (χ0n) is 14.5. The zero-order valence-corrected chi connectivity index (χ0v) is 14.5. The third-order valence-corrected chi connectivity index (χ3v) is 4.89. The summed E-state index contributed by atoms with van der Waals surface area (Å²) in [6.07, 6.45) is 1.55. The average Bonchev–Trinajstić information content (AvgIpc) is 3.11. The van der Waals surface area contributed by atoms with Crippen molar-refractivity contribution in [3.63, 3.8) is 0 Å². The van der Waals surface area contributed by atoms with Crippen LogP contribution in [0.25, 0.3) is 0 Å². The second kappa shape index (κ2) is 6.83. The van der Waals surface area contributed by atoms with E-state index in [4.69, 9.17) is 0 Å². The van der Waals surface area contributed by atoms with Gasteiger partial charge in [0, 0.05) is 12.2 Å². The largest absolute Gasteiger partial charge is 0.327 e. The molecule has 1 saturated heterocycles. The highest BCUT2D eigenvalue weighted by molar-refractivity contribution is 6.11. The van der Waals surface area contributed by atoms with Gasteiger partial charge in [0.25, 0.3) is 5.91 Å². The molecular formula is C20H18FN3O3. The fourth-order valence-electron chi connectivity index (χ4n) is 3.55. The lowest BCUT2D eigenvalue weighted by molar-refractivity contribution is -0.119. The molecule has 2 heterocycles. The van der Waals surface area contributed by atoms with Crippen molar-refractivity contribution in [1.29, 1.82) is 0 Å². The van der Waals surface area contributed by atoms with Crippen LogP contribution < -0.4 is 10.6 Å². The lowest BCUT2D eigenvalue weighted by Crippen LogP contribution is -2.40. The van der Waals surface area contributed by atoms with Gasteiger partial charge in [-0.15, -0.1) is 0 Å². The van der Waals surface area contributed by atoms with Crippen LogP contribution in [-0.4, -0.2) is 35.2 Å². The third kappa shape index (κ3) is 3.40. The minimum Gasteiger partial charge on any atom is -0.327 e. The summed E-state index contributed by atoms with van der Waals surface area (Å²) in [6.45, 7) is 0.553. The second-order valence-electron chi connectivity index (χ2n) is 6.76. The molecule has 3 amide bonds. The van der Waals surface area contributed by atoms with Gasteiger partial charge in [-0.25, -0.2) is 4.39 Å². The van der Waals surface area contributed by atoms with E-state index in [9.17, 15) is 18.8 Å². The van der Waals surface area contributed by atoms with Crippen molar-refractivity contribution in [2.45, 2.75) is 25.3 Å². The van der Waals surface area contributed by atoms with E-state index in [1.165, 1.54) is 12.1 Å². The molecule has 0 radical (unpaired) electrons. The van der Waals surface area contributed by atoms with Gasteiger partial charge in [0.2, 0.25) is 11.8 Å². The maximum Gasteiger partial charge on any atom is 0.256 e. The van der Waals surface area contributed by atoms with Gasteiger partial charge < -0.3 is 15.5 Å². The summed E-state index contributed by atoms with van der Waals surface area (Å²) in [5, 5.41) is 5.55. The van der Waals surface area contributed by atoms with Crippen LogP contribution in [0.5, 0.6) is 0 Å². The predicted molar refractivity (Wildman–Crippen MR) is 97.9 cm³/mol. The van der Waals surface area contributed by atoms with Crippen molar-refractivity contribution in [3.05, 3.63) is 59.4 Å². The Bertz CT molecular complexity index is 927. The number of anilines is 2. The molecule has 2 aromatic rings. The summed E-state index contributed by atoms with van der Waals surface area (Å²) in [7, 11) is 0. The van der Waals surface area contributed by atoms with E-state index in [-0.39, 0.29) is 30.0 Å². The second-order valence-corrected chi connectivity index (χ2v) is 6.76. The fraction of sp³-hybridized carbons (Fsp3) is 0.250. The summed E-state index contributed by atoms with van der Waals surface area (Å²) in [4.78, 5) is 38.9. The van der Waals surface area contributed by atoms with Crippen LogP contribution in [0.15, 0.2) is 42.5 Å². The predicted octanol–water partition coefficient (Wildman–Crippen LogP) is 2.56. The number of amides is 3. The molecule has 0 aliphatic carbocycles. The number of carbonyl (C=O) groups is 3. The van der Waals surface area contributed by atoms with Crippen molar-refractivity contribution in [2.75, 3.05) is 17.2 Å². The molecule has 0 bridgehead atoms. The zero-order chi connectivity index (χ0) is 19.0. The van der Waals surface area contributed by atoms with Crippen LogP contribution >= 0.6 is 0 Å². The van der Waals surface area contributed by atoms with E-state index < -0.39 is 6.04 Å². The lowest BCUT2D eigenvalue weighted by Gasteiger charge is -2.20. The number of nitrogens with zero attached hydrogens (tertiary/aromatic N) is 1. The van der Waals surface area contributed by atoms with Gasteiger partial charge >= 0.3 is 0 Å². The van der Waals surface area contributed by atoms with Crippen LogP contribution in [0.3, 0.4) is 0 Å². The maximum absolute atomic E-state index is 13.0. The highest BCUT2D eigenvalue weighted by Crippen LogP contribution is 2.30. The summed E-state index contributed by atoms with van der Waals surface area (Å²) >= 11 is 0. The van der Waals surface area contributed by atoms with E-state index in [0.29, 0.717) is 35.5 Å². The normalized spacial score (nSPS) is 18.4. The number of hydrogen-bond acceptors (Lipinski definition) is 3. The first-order valence-corrected chi connectivity index (χ1v) is 8.81. The minimum absolute atomic E-state index is 0.0935. The molecule has 0 aromatic heterocycles. The van der Waals surface area contributed by atoms with Gasteiger partial charge in [-0.05, 0) is 48.7 Å². The molecule has 0 unspecified atom stereocenters. The van der Waals surface area contributed by atoms with Crippen molar-refractivity contribution in [3.8, 4) is 0 Å². The minimum atomic E-state index is -0.429. The fourth-order valence-corrected chi connectivity index (χ4v) is 3.55. The summed E-state index contributed by atoms with van der Waals surface area (Å²) in [6, 6.07) is 10.1. The van der Waals surface area contributed by atoms with E-state index in [1.807, 2.05) is 0 Å². The van der Waals surface area contributed by atoms with Crippen molar-refractivity contribution < 1.29 is 18.8 Å². The molecular weight excluding hydrogens is 349 g/mol. The summed E-state index contributed by atoms with van der Waals surface area (Å²) in [5.74, 6) is -1.01. The first kappa shape index (κ1) is 17.2. The topological polar surface area (TPSA) is 78.5 Å². The highest BCUT2D eigenvalue weighted by atomic mass is 19.1. The lowest BCUT2D eigenvalue weighted by atomic mass is 10.1. The molecule has 138 valence electrons. The smallest absolute Gasteiger partial charge is 0.256 e. The van der Waals surface area contributed by atoms with Crippen LogP contribution in [0.2, 0.25) is 0 Å². The van der Waals surface area contributed by atoms with Crippen LogP contribution in [0.1, 0.15) is 28.8 Å². The van der Waals surface area contributed by atoms with Gasteiger partial charge in [0.05, 0.1) is 17.7 Å². The Kier molecular flexibility index (Phi) is 4.35. The van der Waals surface area contributed by atoms with E-state index >= 15 is 0 Å². The van der Waals surface area contributed by atoms with Crippen LogP contribution in [-0.2, 0) is 16.0 Å². The Labute approximate surface area is 155 Å². The summed E-state index contributed by atoms with van der Waals surface area (Å²) < 4.78 is 13.0. The summed E-state index contributed by atoms with van der Waals surface area (Å²) in [5.41, 5.74) is 1.98. The number of rotatable bonds is 3. The van der Waals surface area contributed by atoms with E-state index in [0.717, 1.165) is 6.42 Å². The number of halogens is 1. The highest BCUT2D eigenvalue weighted by Gasteiger charge is 2.38. The maximum atomic E-state index is 13.0. The molecule has 2 aliphatic rings. The number of carbonyl (C=O) groups excluding carboxylic acids is 3. The molecule has 4 rings (SSSR count). The molecule has 1 atom stereocenters. The Morgan fingerprint density at radius 1 is 1.19 bits per heavy atom. The molecule has 27 heavy (non-hydrogen) atoms. The van der Waals surface area contributed by atoms with Gasteiger partial charge in [-0.3, -0.25) is 14.4 Å². The monoisotopic (exact) mass is 367 g/mol. The van der Waals surface area contributed by atoms with Crippen molar-refractivity contribution in [2.24, 2.45) is 0 Å². The van der Waals surface area contributed by atoms with Crippen molar-refractivity contribution in [1.82, 2.24) is 4.90 Å². The first-order chi connectivity index (χ1) is 13.0. The molecule has 2 N–H and O–H groups in total. The van der Waals surface area contributed by atoms with E-state index in [2.05, 4.69) is 10.6 Å². The van der Waals surface area contributed by atoms with Gasteiger partial charge in [0.1, 0.15) is 11.9 Å². The number of hydrogen-bond donors (Lipinski definition) is 2. The average molecular weight is 367 g/mol. The molecule has 2 aliphatic heterocycles. The number of fused-ring (bicyclic) bond motifs is 2. The number of nitrogens with one attached hydrogen (secondary N) is 2. The van der Waals surface area contributed by atoms with Crippen LogP contribution in [0.4, 0.5) is 15.8 Å². The Balaban J connectivity index is 1.53. The van der Waals surface area contributed by atoms with Crippen LogP contribution in [0, 0.1) is 5.82 Å². The molecule has 1 fully saturated rings. The molecule has 2 aromatic carbocycles. The van der Waals surface area contributed by atoms with E-state index in [1.54, 1.807) is 35.2 Å². The molecule has 0 spiro atoms. The van der Waals surface area contributed by atoms with Gasteiger partial charge in [-0.2, -0.15) is 0 Å². The van der Waals surface area contributed by atoms with Gasteiger partial charge in [0.15, 0.2) is 0 Å². The third-order valence-electron chi connectivity index (χ3n) is 4.89. The Morgan fingerprint density at radius 3 is 2.74 bits per heavy atom. The Hall–Kier alpha value is -3.22. The quantitative estimate of drug-likeness (QED) is 0.875. The standard InChI is InChI=1S/C20H18FN3O3/c21-13-5-3-12(4-6-13)10-18(25)22-14-7-8-16-15(11-14)20(27)24-9-1-2-17(24)19(26)23-16/h3-8,11,17H,1-2,9-10H2,(H,22,25)(H,23,26)/t17-/m1/s1. The Morgan fingerprint density at radius 2 is 1.96 bits per heavy atom. The number of benzene rings is 2. The van der Waals surface area contributed by atoms with Gasteiger partial charge in [-0.1, -0.05) is 12.1 Å². The van der Waals surface area contributed by atoms with Crippen molar-refractivity contribution >= 4 is 29.1 Å².